The third-order valence-electron chi connectivity index (χ3n) is 4.91. The lowest BCUT2D eigenvalue weighted by Crippen LogP contribution is -2.18. The average Bonchev–Trinajstić information content (AvgIpc) is 3.38. The summed E-state index contributed by atoms with van der Waals surface area (Å²) in [6.07, 6.45) is 9.97. The highest BCUT2D eigenvalue weighted by molar-refractivity contribution is 7.99. The van der Waals surface area contributed by atoms with Crippen LogP contribution in [0, 0.1) is 0 Å². The van der Waals surface area contributed by atoms with E-state index in [-0.39, 0.29) is 11.7 Å². The molecule has 6 nitrogen and oxygen atoms in total. The summed E-state index contributed by atoms with van der Waals surface area (Å²) in [6.45, 7) is 0. The van der Waals surface area contributed by atoms with Gasteiger partial charge in [-0.05, 0) is 37.1 Å². The maximum absolute atomic E-state index is 12.4. The van der Waals surface area contributed by atoms with E-state index in [1.807, 2.05) is 46.0 Å². The number of hydrogen-bond donors (Lipinski definition) is 1. The number of nitrogens with zero attached hydrogens (tertiary/aromatic N) is 4. The Balaban J connectivity index is 1.50. The Hall–Kier alpha value is -2.25. The number of carbonyl (C=O) groups is 1. The number of carbonyl (C=O) groups excluding carboxylic acids is 1. The molecule has 0 radical (unpaired) electrons. The average molecular weight is 416 g/mol. The van der Waals surface area contributed by atoms with Crippen LogP contribution in [0.3, 0.4) is 0 Å². The molecule has 1 amide bonds. The zero-order valence-corrected chi connectivity index (χ0v) is 17.0. The predicted octanol–water partition coefficient (Wildman–Crippen LogP) is 4.82. The summed E-state index contributed by atoms with van der Waals surface area (Å²) in [4.78, 5) is 12.4. The van der Waals surface area contributed by atoms with E-state index in [4.69, 9.17) is 11.6 Å². The first-order valence-electron chi connectivity index (χ1n) is 9.48. The number of benzene rings is 1. The largest absolute Gasteiger partial charge is 0.324 e. The fourth-order valence-corrected chi connectivity index (χ4v) is 4.46. The number of hydrogen-bond acceptors (Lipinski definition) is 4. The molecular weight excluding hydrogens is 394 g/mol. The second kappa shape index (κ2) is 8.84. The van der Waals surface area contributed by atoms with E-state index < -0.39 is 0 Å². The van der Waals surface area contributed by atoms with Crippen molar-refractivity contribution in [2.75, 3.05) is 11.1 Å². The molecule has 8 heteroatoms. The van der Waals surface area contributed by atoms with Gasteiger partial charge in [-0.3, -0.25) is 9.47 Å². The van der Waals surface area contributed by atoms with Gasteiger partial charge in [0, 0.05) is 18.3 Å². The molecule has 2 aromatic heterocycles. The molecule has 1 N–H and O–H groups in total. The van der Waals surface area contributed by atoms with Gasteiger partial charge in [0.05, 0.1) is 16.5 Å². The number of nitrogens with one attached hydrogen (secondary N) is 1. The van der Waals surface area contributed by atoms with Crippen molar-refractivity contribution in [2.24, 2.45) is 0 Å². The second-order valence-electron chi connectivity index (χ2n) is 6.87. The number of thioether (sulfide) groups is 1. The number of rotatable bonds is 6. The molecule has 1 aliphatic rings. The molecule has 4 rings (SSSR count). The molecule has 28 heavy (non-hydrogen) atoms. The SMILES string of the molecule is O=C(CSc1nnc(C2CCCCC2)n1-n1cccc1)Nc1ccccc1Cl. The zero-order valence-electron chi connectivity index (χ0n) is 15.4. The molecule has 0 spiro atoms. The fourth-order valence-electron chi connectivity index (χ4n) is 3.54. The van der Waals surface area contributed by atoms with Crippen molar-refractivity contribution in [3.8, 4) is 0 Å². The highest BCUT2D eigenvalue weighted by Gasteiger charge is 2.24. The minimum Gasteiger partial charge on any atom is -0.324 e. The molecular formula is C20H22ClN5OS. The molecule has 3 aromatic rings. The summed E-state index contributed by atoms with van der Waals surface area (Å²) in [5.41, 5.74) is 0.615. The Morgan fingerprint density at radius 3 is 2.61 bits per heavy atom. The predicted molar refractivity (Wildman–Crippen MR) is 112 cm³/mol. The zero-order chi connectivity index (χ0) is 19.3. The van der Waals surface area contributed by atoms with Crippen molar-refractivity contribution in [3.63, 3.8) is 0 Å². The van der Waals surface area contributed by atoms with E-state index in [9.17, 15) is 4.79 Å². The van der Waals surface area contributed by atoms with E-state index in [0.29, 0.717) is 21.8 Å². The van der Waals surface area contributed by atoms with Crippen LogP contribution in [-0.4, -0.2) is 31.2 Å². The molecule has 1 saturated carbocycles. The van der Waals surface area contributed by atoms with Crippen LogP contribution in [-0.2, 0) is 4.79 Å². The topological polar surface area (TPSA) is 64.7 Å². The summed E-state index contributed by atoms with van der Waals surface area (Å²) < 4.78 is 4.02. The Morgan fingerprint density at radius 1 is 1.11 bits per heavy atom. The Kier molecular flexibility index (Phi) is 6.02. The van der Waals surface area contributed by atoms with Crippen LogP contribution < -0.4 is 5.32 Å². The summed E-state index contributed by atoms with van der Waals surface area (Å²) in [7, 11) is 0. The number of anilines is 1. The van der Waals surface area contributed by atoms with E-state index in [1.165, 1.54) is 31.0 Å². The molecule has 1 aliphatic carbocycles. The molecule has 146 valence electrons. The van der Waals surface area contributed by atoms with Gasteiger partial charge < -0.3 is 5.32 Å². The first kappa shape index (κ1) is 19.1. The maximum Gasteiger partial charge on any atom is 0.234 e. The lowest BCUT2D eigenvalue weighted by Gasteiger charge is -2.22. The van der Waals surface area contributed by atoms with Crippen molar-refractivity contribution < 1.29 is 4.79 Å². The second-order valence-corrected chi connectivity index (χ2v) is 8.22. The fraction of sp³-hybridized carbons (Fsp3) is 0.350. The first-order valence-corrected chi connectivity index (χ1v) is 10.8. The smallest absolute Gasteiger partial charge is 0.234 e. The standard InChI is InChI=1S/C20H22ClN5OS/c21-16-10-4-5-11-17(16)22-18(27)14-28-20-24-23-19(15-8-2-1-3-9-15)26(20)25-12-6-7-13-25/h4-7,10-13,15H,1-3,8-9,14H2,(H,22,27). The molecule has 1 aromatic carbocycles. The molecule has 1 fully saturated rings. The lowest BCUT2D eigenvalue weighted by molar-refractivity contribution is -0.113. The van der Waals surface area contributed by atoms with Crippen molar-refractivity contribution in [1.82, 2.24) is 19.5 Å². The monoisotopic (exact) mass is 415 g/mol. The maximum atomic E-state index is 12.4. The van der Waals surface area contributed by atoms with Gasteiger partial charge in [0.25, 0.3) is 0 Å². The van der Waals surface area contributed by atoms with Crippen LogP contribution in [0.4, 0.5) is 5.69 Å². The van der Waals surface area contributed by atoms with Gasteiger partial charge in [0.2, 0.25) is 11.1 Å². The van der Waals surface area contributed by atoms with Gasteiger partial charge in [0.1, 0.15) is 0 Å². The molecule has 0 unspecified atom stereocenters. The van der Waals surface area contributed by atoms with Crippen LogP contribution in [0.15, 0.2) is 53.9 Å². The van der Waals surface area contributed by atoms with Gasteiger partial charge in [0.15, 0.2) is 5.82 Å². The summed E-state index contributed by atoms with van der Waals surface area (Å²) in [5, 5.41) is 13.0. The normalized spacial score (nSPS) is 14.9. The number of aromatic nitrogens is 4. The van der Waals surface area contributed by atoms with Crippen LogP contribution >= 0.6 is 23.4 Å². The van der Waals surface area contributed by atoms with Gasteiger partial charge in [-0.25, -0.2) is 4.68 Å². The lowest BCUT2D eigenvalue weighted by atomic mass is 9.89. The molecule has 0 aliphatic heterocycles. The van der Waals surface area contributed by atoms with Gasteiger partial charge in [-0.2, -0.15) is 0 Å². The molecule has 0 saturated heterocycles. The highest BCUT2D eigenvalue weighted by Crippen LogP contribution is 2.33. The molecule has 2 heterocycles. The van der Waals surface area contributed by atoms with Gasteiger partial charge in [-0.15, -0.1) is 10.2 Å². The first-order chi connectivity index (χ1) is 13.7. The Morgan fingerprint density at radius 2 is 1.86 bits per heavy atom. The number of halogens is 1. The molecule has 0 atom stereocenters. The minimum absolute atomic E-state index is 0.126. The third-order valence-corrected chi connectivity index (χ3v) is 6.16. The summed E-state index contributed by atoms with van der Waals surface area (Å²) in [5.74, 6) is 1.49. The minimum atomic E-state index is -0.126. The molecule has 0 bridgehead atoms. The Labute approximate surface area is 173 Å². The number of amides is 1. The summed E-state index contributed by atoms with van der Waals surface area (Å²) >= 11 is 7.49. The Bertz CT molecular complexity index is 934. The van der Waals surface area contributed by atoms with E-state index >= 15 is 0 Å². The quantitative estimate of drug-likeness (QED) is 0.586. The van der Waals surface area contributed by atoms with Crippen LogP contribution in [0.5, 0.6) is 0 Å². The van der Waals surface area contributed by atoms with Crippen molar-refractivity contribution in [3.05, 3.63) is 59.6 Å². The van der Waals surface area contributed by atoms with Crippen LogP contribution in [0.1, 0.15) is 43.8 Å². The third kappa shape index (κ3) is 4.25. The van der Waals surface area contributed by atoms with Crippen molar-refractivity contribution >= 4 is 35.0 Å². The van der Waals surface area contributed by atoms with Crippen LogP contribution in [0.25, 0.3) is 0 Å². The van der Waals surface area contributed by atoms with Gasteiger partial charge in [-0.1, -0.05) is 54.8 Å². The van der Waals surface area contributed by atoms with Crippen LogP contribution in [0.2, 0.25) is 5.02 Å². The van der Waals surface area contributed by atoms with Gasteiger partial charge >= 0.3 is 0 Å². The van der Waals surface area contributed by atoms with E-state index in [2.05, 4.69) is 15.5 Å². The highest BCUT2D eigenvalue weighted by atomic mass is 35.5. The van der Waals surface area contributed by atoms with E-state index in [1.54, 1.807) is 12.1 Å². The number of para-hydroxylation sites is 1. The van der Waals surface area contributed by atoms with E-state index in [0.717, 1.165) is 18.7 Å². The van der Waals surface area contributed by atoms with Crippen molar-refractivity contribution in [2.45, 2.75) is 43.2 Å². The summed E-state index contributed by atoms with van der Waals surface area (Å²) in [6, 6.07) is 11.2. The van der Waals surface area contributed by atoms with Crippen molar-refractivity contribution in [1.29, 1.82) is 0 Å².